The fourth-order valence-corrected chi connectivity index (χ4v) is 4.12. The monoisotopic (exact) mass is 372 g/mol. The van der Waals surface area contributed by atoms with Crippen molar-refractivity contribution in [2.45, 2.75) is 37.8 Å². The first-order chi connectivity index (χ1) is 11.8. The molecule has 134 valence electrons. The van der Waals surface area contributed by atoms with E-state index in [1.54, 1.807) is 17.5 Å². The average Bonchev–Trinajstić information content (AvgIpc) is 3.13. The van der Waals surface area contributed by atoms with Crippen LogP contribution in [0.15, 0.2) is 11.6 Å². The van der Waals surface area contributed by atoms with Crippen LogP contribution in [0.5, 0.6) is 5.19 Å². The number of ether oxygens (including phenoxy) is 1. The molecule has 2 saturated heterocycles. The van der Waals surface area contributed by atoms with E-state index < -0.39 is 0 Å². The molecule has 6 nitrogen and oxygen atoms in total. The molecule has 2 aliphatic rings. The van der Waals surface area contributed by atoms with Crippen LogP contribution >= 0.6 is 22.9 Å². The molecule has 2 amide bonds. The van der Waals surface area contributed by atoms with E-state index in [9.17, 15) is 4.79 Å². The molecule has 2 aliphatic heterocycles. The standard InChI is InChI=1S/C16H25ClN4O2S/c17-5-6-18-15(22)21-8-1-13(2-9-21)20-10-3-14(4-11-20)23-16-19-7-12-24-16/h7,12-14H,1-6,8-11H2,(H,18,22). The second-order valence-corrected chi connectivity index (χ2v) is 7.53. The highest BCUT2D eigenvalue weighted by Gasteiger charge is 2.30. The number of carbonyl (C=O) groups is 1. The molecule has 3 rings (SSSR count). The number of nitrogens with zero attached hydrogens (tertiary/aromatic N) is 3. The molecule has 0 saturated carbocycles. The van der Waals surface area contributed by atoms with Crippen molar-refractivity contribution in [3.8, 4) is 5.19 Å². The van der Waals surface area contributed by atoms with Crippen molar-refractivity contribution in [2.24, 2.45) is 0 Å². The molecular weight excluding hydrogens is 348 g/mol. The van der Waals surface area contributed by atoms with Gasteiger partial charge in [-0.25, -0.2) is 9.78 Å². The summed E-state index contributed by atoms with van der Waals surface area (Å²) in [7, 11) is 0. The molecule has 0 bridgehead atoms. The molecule has 2 fully saturated rings. The van der Waals surface area contributed by atoms with Gasteiger partial charge in [0.15, 0.2) is 0 Å². The van der Waals surface area contributed by atoms with Crippen molar-refractivity contribution in [3.05, 3.63) is 11.6 Å². The SMILES string of the molecule is O=C(NCCCl)N1CCC(N2CCC(Oc3nccs3)CC2)CC1. The van der Waals surface area contributed by atoms with Crippen LogP contribution in [0.3, 0.4) is 0 Å². The molecule has 0 unspecified atom stereocenters. The maximum atomic E-state index is 12.0. The van der Waals surface area contributed by atoms with Crippen LogP contribution in [0.2, 0.25) is 0 Å². The number of alkyl halides is 1. The lowest BCUT2D eigenvalue weighted by Crippen LogP contribution is -2.52. The van der Waals surface area contributed by atoms with Gasteiger partial charge in [0, 0.05) is 56.2 Å². The zero-order valence-electron chi connectivity index (χ0n) is 13.8. The van der Waals surface area contributed by atoms with Gasteiger partial charge < -0.3 is 15.0 Å². The van der Waals surface area contributed by atoms with Gasteiger partial charge in [0.05, 0.1) is 0 Å². The molecule has 1 aromatic rings. The van der Waals surface area contributed by atoms with Gasteiger partial charge >= 0.3 is 6.03 Å². The number of thiazole rings is 1. The number of urea groups is 1. The van der Waals surface area contributed by atoms with Gasteiger partial charge in [-0.1, -0.05) is 11.3 Å². The van der Waals surface area contributed by atoms with E-state index in [0.29, 0.717) is 18.5 Å². The molecule has 3 heterocycles. The summed E-state index contributed by atoms with van der Waals surface area (Å²) in [6.07, 6.45) is 6.27. The number of hydrogen-bond acceptors (Lipinski definition) is 5. The molecule has 0 aliphatic carbocycles. The molecule has 8 heteroatoms. The Balaban J connectivity index is 1.38. The first-order valence-corrected chi connectivity index (χ1v) is 10.1. The lowest BCUT2D eigenvalue weighted by molar-refractivity contribution is 0.0535. The number of aromatic nitrogens is 1. The molecular formula is C16H25ClN4O2S. The minimum Gasteiger partial charge on any atom is -0.467 e. The molecule has 0 spiro atoms. The van der Waals surface area contributed by atoms with Crippen molar-refractivity contribution in [3.63, 3.8) is 0 Å². The fraction of sp³-hybridized carbons (Fsp3) is 0.750. The second kappa shape index (κ2) is 8.87. The van der Waals surface area contributed by atoms with Crippen molar-refractivity contribution >= 4 is 29.0 Å². The highest BCUT2D eigenvalue weighted by Crippen LogP contribution is 2.24. The summed E-state index contributed by atoms with van der Waals surface area (Å²) < 4.78 is 5.93. The van der Waals surface area contributed by atoms with Crippen LogP contribution in [0.1, 0.15) is 25.7 Å². The number of amides is 2. The van der Waals surface area contributed by atoms with Gasteiger partial charge in [-0.05, 0) is 25.7 Å². The second-order valence-electron chi connectivity index (χ2n) is 6.29. The number of piperidine rings is 2. The number of hydrogen-bond donors (Lipinski definition) is 1. The normalized spacial score (nSPS) is 21.0. The molecule has 24 heavy (non-hydrogen) atoms. The lowest BCUT2D eigenvalue weighted by Gasteiger charge is -2.41. The van der Waals surface area contributed by atoms with E-state index in [1.165, 1.54) is 0 Å². The largest absolute Gasteiger partial charge is 0.467 e. The van der Waals surface area contributed by atoms with Crippen LogP contribution in [0.4, 0.5) is 4.79 Å². The zero-order valence-corrected chi connectivity index (χ0v) is 15.4. The van der Waals surface area contributed by atoms with E-state index in [1.807, 2.05) is 10.3 Å². The van der Waals surface area contributed by atoms with Gasteiger partial charge in [-0.3, -0.25) is 4.90 Å². The van der Waals surface area contributed by atoms with Gasteiger partial charge in [-0.2, -0.15) is 0 Å². The fourth-order valence-electron chi connectivity index (χ4n) is 3.47. The summed E-state index contributed by atoms with van der Waals surface area (Å²) in [5, 5.41) is 5.57. The Bertz CT molecular complexity index is 500. The summed E-state index contributed by atoms with van der Waals surface area (Å²) in [6, 6.07) is 0.604. The number of halogens is 1. The van der Waals surface area contributed by atoms with E-state index in [2.05, 4.69) is 15.2 Å². The highest BCUT2D eigenvalue weighted by atomic mass is 35.5. The topological polar surface area (TPSA) is 57.7 Å². The van der Waals surface area contributed by atoms with Crippen LogP contribution < -0.4 is 10.1 Å². The van der Waals surface area contributed by atoms with Gasteiger partial charge in [0.1, 0.15) is 6.10 Å². The summed E-state index contributed by atoms with van der Waals surface area (Å²) in [4.78, 5) is 20.6. The Kier molecular flexibility index (Phi) is 6.57. The molecule has 0 atom stereocenters. The third-order valence-corrected chi connectivity index (χ3v) is 5.64. The molecule has 1 aromatic heterocycles. The van der Waals surface area contributed by atoms with Gasteiger partial charge in [0.25, 0.3) is 5.19 Å². The van der Waals surface area contributed by atoms with E-state index in [-0.39, 0.29) is 12.1 Å². The van der Waals surface area contributed by atoms with E-state index in [4.69, 9.17) is 16.3 Å². The Morgan fingerprint density at radius 1 is 1.29 bits per heavy atom. The molecule has 0 aromatic carbocycles. The molecule has 1 N–H and O–H groups in total. The summed E-state index contributed by atoms with van der Waals surface area (Å²) in [5.74, 6) is 0.459. The lowest BCUT2D eigenvalue weighted by atomic mass is 9.99. The van der Waals surface area contributed by atoms with E-state index >= 15 is 0 Å². The third kappa shape index (κ3) is 4.74. The maximum absolute atomic E-state index is 12.0. The van der Waals surface area contributed by atoms with Crippen molar-refractivity contribution in [1.29, 1.82) is 0 Å². The third-order valence-electron chi connectivity index (χ3n) is 4.79. The predicted octanol–water partition coefficient (Wildman–Crippen LogP) is 2.40. The summed E-state index contributed by atoms with van der Waals surface area (Å²) in [5.41, 5.74) is 0. The van der Waals surface area contributed by atoms with Crippen LogP contribution in [-0.2, 0) is 0 Å². The van der Waals surface area contributed by atoms with Crippen LogP contribution in [0.25, 0.3) is 0 Å². The van der Waals surface area contributed by atoms with Crippen molar-refractivity contribution < 1.29 is 9.53 Å². The zero-order chi connectivity index (χ0) is 16.8. The van der Waals surface area contributed by atoms with Crippen LogP contribution in [-0.4, -0.2) is 71.6 Å². The Morgan fingerprint density at radius 3 is 2.67 bits per heavy atom. The van der Waals surface area contributed by atoms with Crippen molar-refractivity contribution in [1.82, 2.24) is 20.1 Å². The number of carbonyl (C=O) groups excluding carboxylic acids is 1. The molecule has 0 radical (unpaired) electrons. The van der Waals surface area contributed by atoms with E-state index in [0.717, 1.165) is 57.1 Å². The number of nitrogens with one attached hydrogen (secondary N) is 1. The Labute approximate surface area is 152 Å². The summed E-state index contributed by atoms with van der Waals surface area (Å²) >= 11 is 7.17. The number of rotatable bonds is 5. The van der Waals surface area contributed by atoms with Crippen LogP contribution in [0, 0.1) is 0 Å². The van der Waals surface area contributed by atoms with Gasteiger partial charge in [0.2, 0.25) is 0 Å². The smallest absolute Gasteiger partial charge is 0.317 e. The minimum atomic E-state index is 0.0182. The Morgan fingerprint density at radius 2 is 2.04 bits per heavy atom. The average molecular weight is 373 g/mol. The summed E-state index contributed by atoms with van der Waals surface area (Å²) in [6.45, 7) is 4.33. The van der Waals surface area contributed by atoms with Gasteiger partial charge in [-0.15, -0.1) is 11.6 Å². The number of likely N-dealkylation sites (tertiary alicyclic amines) is 2. The quantitative estimate of drug-likeness (QED) is 0.806. The first kappa shape index (κ1) is 17.8. The predicted molar refractivity (Wildman–Crippen MR) is 96.1 cm³/mol. The first-order valence-electron chi connectivity index (χ1n) is 8.65. The Hall–Kier alpha value is -1.05. The maximum Gasteiger partial charge on any atom is 0.317 e. The highest BCUT2D eigenvalue weighted by molar-refractivity contribution is 7.11. The minimum absolute atomic E-state index is 0.0182. The van der Waals surface area contributed by atoms with Crippen molar-refractivity contribution in [2.75, 3.05) is 38.6 Å².